The van der Waals surface area contributed by atoms with Crippen molar-refractivity contribution in [1.29, 1.82) is 0 Å². The summed E-state index contributed by atoms with van der Waals surface area (Å²) < 4.78 is 13.5. The first-order valence-electron chi connectivity index (χ1n) is 9.09. The van der Waals surface area contributed by atoms with Crippen LogP contribution in [-0.4, -0.2) is 42.4 Å². The largest absolute Gasteiger partial charge is 0.370 e. The van der Waals surface area contributed by atoms with Crippen molar-refractivity contribution in [3.63, 3.8) is 0 Å². The van der Waals surface area contributed by atoms with Crippen molar-refractivity contribution in [2.45, 2.75) is 44.1 Å². The van der Waals surface area contributed by atoms with Crippen molar-refractivity contribution in [2.75, 3.05) is 25.5 Å². The standard InChI is InChI=1S/C19H26FN3O2/c1-21-18(25)19(22-16-9-5-8-15(20)12-16)10-11-23(13-19)17(24)14-6-3-2-4-7-14/h5,8-9,12,14,22H,2-4,6-7,10-11,13H2,1H3,(H,21,25). The monoisotopic (exact) mass is 347 g/mol. The fourth-order valence-electron chi connectivity index (χ4n) is 4.03. The zero-order chi connectivity index (χ0) is 17.9. The van der Waals surface area contributed by atoms with Crippen LogP contribution in [-0.2, 0) is 9.59 Å². The Morgan fingerprint density at radius 2 is 2.00 bits per heavy atom. The molecule has 0 radical (unpaired) electrons. The summed E-state index contributed by atoms with van der Waals surface area (Å²) in [5, 5.41) is 5.88. The number of nitrogens with zero attached hydrogens (tertiary/aromatic N) is 1. The van der Waals surface area contributed by atoms with Gasteiger partial charge in [-0.05, 0) is 37.5 Å². The van der Waals surface area contributed by atoms with E-state index < -0.39 is 5.54 Å². The molecule has 1 aromatic carbocycles. The van der Waals surface area contributed by atoms with E-state index in [1.807, 2.05) is 0 Å². The normalized spacial score (nSPS) is 24.2. The molecule has 6 heteroatoms. The number of hydrogen-bond donors (Lipinski definition) is 2. The van der Waals surface area contributed by atoms with Gasteiger partial charge in [-0.1, -0.05) is 25.3 Å². The highest BCUT2D eigenvalue weighted by molar-refractivity contribution is 5.91. The highest BCUT2D eigenvalue weighted by Gasteiger charge is 2.46. The van der Waals surface area contributed by atoms with Crippen LogP contribution >= 0.6 is 0 Å². The Morgan fingerprint density at radius 3 is 2.68 bits per heavy atom. The molecule has 1 unspecified atom stereocenters. The van der Waals surface area contributed by atoms with Crippen molar-refractivity contribution in [1.82, 2.24) is 10.2 Å². The van der Waals surface area contributed by atoms with Crippen molar-refractivity contribution in [3.8, 4) is 0 Å². The lowest BCUT2D eigenvalue weighted by atomic mass is 9.88. The minimum atomic E-state index is -0.910. The van der Waals surface area contributed by atoms with Crippen LogP contribution in [0.2, 0.25) is 0 Å². The molecule has 0 aromatic heterocycles. The van der Waals surface area contributed by atoms with Crippen molar-refractivity contribution in [3.05, 3.63) is 30.1 Å². The number of halogens is 1. The topological polar surface area (TPSA) is 61.4 Å². The van der Waals surface area contributed by atoms with Crippen molar-refractivity contribution < 1.29 is 14.0 Å². The molecule has 1 aromatic rings. The average Bonchev–Trinajstić information content (AvgIpc) is 3.06. The summed E-state index contributed by atoms with van der Waals surface area (Å²) in [5.74, 6) is -0.282. The van der Waals surface area contributed by atoms with E-state index in [2.05, 4.69) is 10.6 Å². The number of carbonyl (C=O) groups is 2. The van der Waals surface area contributed by atoms with E-state index in [4.69, 9.17) is 0 Å². The van der Waals surface area contributed by atoms with Gasteiger partial charge in [0.25, 0.3) is 0 Å². The molecule has 5 nitrogen and oxygen atoms in total. The summed E-state index contributed by atoms with van der Waals surface area (Å²) in [6, 6.07) is 6.08. The number of rotatable bonds is 4. The minimum absolute atomic E-state index is 0.0865. The maximum atomic E-state index is 13.5. The van der Waals surface area contributed by atoms with Crippen molar-refractivity contribution >= 4 is 17.5 Å². The number of carbonyl (C=O) groups excluding carboxylic acids is 2. The van der Waals surface area contributed by atoms with Gasteiger partial charge >= 0.3 is 0 Å². The molecular formula is C19H26FN3O2. The lowest BCUT2D eigenvalue weighted by Gasteiger charge is -2.31. The number of anilines is 1. The summed E-state index contributed by atoms with van der Waals surface area (Å²) in [6.45, 7) is 0.865. The molecule has 25 heavy (non-hydrogen) atoms. The Bertz CT molecular complexity index is 645. The second-order valence-corrected chi connectivity index (χ2v) is 7.14. The quantitative estimate of drug-likeness (QED) is 0.880. The van der Waals surface area contributed by atoms with Crippen LogP contribution in [0.3, 0.4) is 0 Å². The van der Waals surface area contributed by atoms with Crippen LogP contribution in [0.1, 0.15) is 38.5 Å². The molecule has 1 aliphatic carbocycles. The lowest BCUT2D eigenvalue weighted by molar-refractivity contribution is -0.135. The van der Waals surface area contributed by atoms with Gasteiger partial charge in [0, 0.05) is 25.2 Å². The van der Waals surface area contributed by atoms with Crippen LogP contribution in [0.5, 0.6) is 0 Å². The Labute approximate surface area is 148 Å². The molecule has 2 aliphatic rings. The summed E-state index contributed by atoms with van der Waals surface area (Å²) in [6.07, 6.45) is 5.81. The number of nitrogens with one attached hydrogen (secondary N) is 2. The molecule has 1 saturated carbocycles. The highest BCUT2D eigenvalue weighted by Crippen LogP contribution is 2.31. The van der Waals surface area contributed by atoms with E-state index in [0.29, 0.717) is 25.2 Å². The van der Waals surface area contributed by atoms with Gasteiger partial charge in [0.1, 0.15) is 11.4 Å². The molecule has 2 amide bonds. The first-order valence-corrected chi connectivity index (χ1v) is 9.09. The second-order valence-electron chi connectivity index (χ2n) is 7.14. The van der Waals surface area contributed by atoms with E-state index in [1.54, 1.807) is 24.1 Å². The van der Waals surface area contributed by atoms with Crippen LogP contribution < -0.4 is 10.6 Å². The molecule has 2 fully saturated rings. The SMILES string of the molecule is CNC(=O)C1(Nc2cccc(F)c2)CCN(C(=O)C2CCCCC2)C1. The molecule has 1 saturated heterocycles. The van der Waals surface area contributed by atoms with Gasteiger partial charge in [0.15, 0.2) is 0 Å². The fraction of sp³-hybridized carbons (Fsp3) is 0.579. The van der Waals surface area contributed by atoms with Crippen LogP contribution in [0, 0.1) is 11.7 Å². The molecule has 1 aliphatic heterocycles. The lowest BCUT2D eigenvalue weighted by Crippen LogP contribution is -2.54. The Balaban J connectivity index is 1.75. The summed E-state index contributed by atoms with van der Waals surface area (Å²) in [7, 11) is 1.59. The fourth-order valence-corrected chi connectivity index (χ4v) is 4.03. The third-order valence-electron chi connectivity index (χ3n) is 5.41. The van der Waals surface area contributed by atoms with E-state index >= 15 is 0 Å². The minimum Gasteiger partial charge on any atom is -0.370 e. The van der Waals surface area contributed by atoms with E-state index in [9.17, 15) is 14.0 Å². The zero-order valence-electron chi connectivity index (χ0n) is 14.7. The van der Waals surface area contributed by atoms with Gasteiger partial charge in [0.05, 0.1) is 6.54 Å². The second kappa shape index (κ2) is 7.42. The number of hydrogen-bond acceptors (Lipinski definition) is 3. The van der Waals surface area contributed by atoms with E-state index in [1.165, 1.54) is 18.6 Å². The Hall–Kier alpha value is -2.11. The van der Waals surface area contributed by atoms with Crippen molar-refractivity contribution in [2.24, 2.45) is 5.92 Å². The average molecular weight is 347 g/mol. The predicted octanol–water partition coefficient (Wildman–Crippen LogP) is 2.54. The smallest absolute Gasteiger partial charge is 0.247 e. The van der Waals surface area contributed by atoms with Crippen LogP contribution in [0.25, 0.3) is 0 Å². The van der Waals surface area contributed by atoms with E-state index in [0.717, 1.165) is 25.7 Å². The molecule has 2 N–H and O–H groups in total. The van der Waals surface area contributed by atoms with Gasteiger partial charge in [-0.15, -0.1) is 0 Å². The summed E-state index contributed by atoms with van der Waals surface area (Å²) >= 11 is 0. The van der Waals surface area contributed by atoms with Gasteiger partial charge in [-0.3, -0.25) is 9.59 Å². The number of benzene rings is 1. The third-order valence-corrected chi connectivity index (χ3v) is 5.41. The van der Waals surface area contributed by atoms with Gasteiger partial charge < -0.3 is 15.5 Å². The molecule has 1 atom stereocenters. The maximum absolute atomic E-state index is 13.5. The molecular weight excluding hydrogens is 321 g/mol. The summed E-state index contributed by atoms with van der Waals surface area (Å²) in [5.41, 5.74) is -0.358. The molecule has 136 valence electrons. The third kappa shape index (κ3) is 3.78. The number of likely N-dealkylation sites (tertiary alicyclic amines) is 1. The molecule has 0 spiro atoms. The molecule has 1 heterocycles. The first kappa shape index (κ1) is 17.7. The number of amides is 2. The van der Waals surface area contributed by atoms with Gasteiger partial charge in [-0.25, -0.2) is 4.39 Å². The Kier molecular flexibility index (Phi) is 5.25. The van der Waals surface area contributed by atoms with Crippen LogP contribution in [0.15, 0.2) is 24.3 Å². The van der Waals surface area contributed by atoms with Gasteiger partial charge in [-0.2, -0.15) is 0 Å². The first-order chi connectivity index (χ1) is 12.0. The molecule has 3 rings (SSSR count). The van der Waals surface area contributed by atoms with Crippen LogP contribution in [0.4, 0.5) is 10.1 Å². The number of likely N-dealkylation sites (N-methyl/N-ethyl adjacent to an activating group) is 1. The highest BCUT2D eigenvalue weighted by atomic mass is 19.1. The Morgan fingerprint density at radius 1 is 1.24 bits per heavy atom. The maximum Gasteiger partial charge on any atom is 0.247 e. The zero-order valence-corrected chi connectivity index (χ0v) is 14.7. The predicted molar refractivity (Wildman–Crippen MR) is 94.6 cm³/mol. The van der Waals surface area contributed by atoms with Gasteiger partial charge in [0.2, 0.25) is 11.8 Å². The summed E-state index contributed by atoms with van der Waals surface area (Å²) in [4.78, 5) is 27.2. The van der Waals surface area contributed by atoms with E-state index in [-0.39, 0.29) is 23.5 Å². The molecule has 0 bridgehead atoms.